The van der Waals surface area contributed by atoms with Crippen LogP contribution >= 0.6 is 12.6 Å². The zero-order chi connectivity index (χ0) is 24.1. The number of carboxylic acid groups (broad SMARTS) is 1. The maximum atomic E-state index is 9.29. The van der Waals surface area contributed by atoms with E-state index in [1.807, 2.05) is 0 Å². The molecule has 0 unspecified atom stereocenters. The van der Waals surface area contributed by atoms with Crippen LogP contribution in [0.4, 0.5) is 0 Å². The number of carbonyl (C=O) groups is 1. The first-order valence-corrected chi connectivity index (χ1v) is 22.9. The number of rotatable bonds is 19. The van der Waals surface area contributed by atoms with Gasteiger partial charge >= 0.3 is 179 Å². The van der Waals surface area contributed by atoms with E-state index >= 15 is 0 Å². The zero-order valence-corrected chi connectivity index (χ0v) is 26.1. The first-order valence-electron chi connectivity index (χ1n) is 13.3. The summed E-state index contributed by atoms with van der Waals surface area (Å²) in [5, 5.41) is 7.65. The molecular weight excluding hydrogens is 507 g/mol. The molecule has 2 nitrogen and oxygen atoms in total. The molecular formula is C27H58O2SSn. The van der Waals surface area contributed by atoms with Gasteiger partial charge in [0.15, 0.2) is 0 Å². The predicted molar refractivity (Wildman–Crippen MR) is 147 cm³/mol. The molecule has 0 saturated heterocycles. The van der Waals surface area contributed by atoms with Gasteiger partial charge in [0.1, 0.15) is 0 Å². The molecule has 0 aromatic heterocycles. The summed E-state index contributed by atoms with van der Waals surface area (Å²) in [5.41, 5.74) is 0. The molecule has 0 amide bonds. The second-order valence-corrected chi connectivity index (χ2v) is 26.3. The van der Waals surface area contributed by atoms with Gasteiger partial charge in [-0.25, -0.2) is 0 Å². The maximum absolute atomic E-state index is 9.29. The van der Waals surface area contributed by atoms with Gasteiger partial charge < -0.3 is 5.11 Å². The molecule has 4 heteroatoms. The second-order valence-electron chi connectivity index (χ2n) is 11.3. The Bertz CT molecular complexity index is 351. The van der Waals surface area contributed by atoms with E-state index in [2.05, 4.69) is 59.1 Å². The van der Waals surface area contributed by atoms with E-state index in [1.165, 1.54) is 57.8 Å². The van der Waals surface area contributed by atoms with Crippen LogP contribution in [0.3, 0.4) is 0 Å². The Balaban J connectivity index is 0. The van der Waals surface area contributed by atoms with Crippen LogP contribution in [0.1, 0.15) is 119 Å². The molecule has 31 heavy (non-hydrogen) atoms. The van der Waals surface area contributed by atoms with Crippen molar-refractivity contribution in [2.45, 2.75) is 137 Å². The molecule has 0 heterocycles. The fraction of sp³-hybridized carbons (Fsp3) is 0.963. The summed E-state index contributed by atoms with van der Waals surface area (Å²) in [6, 6.07) is 0. The quantitative estimate of drug-likeness (QED) is 0.0930. The number of hydrogen-bond donors (Lipinski definition) is 2. The predicted octanol–water partition coefficient (Wildman–Crippen LogP) is 9.71. The molecule has 1 N–H and O–H groups in total. The number of carboxylic acids is 1. The smallest absolute Gasteiger partial charge is 0.313 e. The largest absolute Gasteiger partial charge is 0.481 e. The summed E-state index contributed by atoms with van der Waals surface area (Å²) in [4.78, 5) is 12.1. The van der Waals surface area contributed by atoms with Crippen LogP contribution in [0.15, 0.2) is 0 Å². The van der Waals surface area contributed by atoms with Crippen molar-refractivity contribution in [2.75, 3.05) is 5.75 Å². The molecule has 0 aliphatic carbocycles. The van der Waals surface area contributed by atoms with Gasteiger partial charge in [-0.1, -0.05) is 0 Å². The van der Waals surface area contributed by atoms with Crippen LogP contribution in [0, 0.1) is 17.8 Å². The molecule has 188 valence electrons. The first kappa shape index (κ1) is 33.8. The van der Waals surface area contributed by atoms with Gasteiger partial charge in [0.05, 0.1) is 5.75 Å². The van der Waals surface area contributed by atoms with Crippen molar-refractivity contribution >= 4 is 37.0 Å². The Labute approximate surface area is 206 Å². The number of hydrogen-bond acceptors (Lipinski definition) is 2. The Morgan fingerprint density at radius 1 is 0.645 bits per heavy atom. The normalized spacial score (nSPS) is 11.8. The van der Waals surface area contributed by atoms with Crippen LogP contribution < -0.4 is 0 Å². The summed E-state index contributed by atoms with van der Waals surface area (Å²) in [6.45, 7) is 14.2. The van der Waals surface area contributed by atoms with E-state index in [0.717, 1.165) is 17.8 Å². The van der Waals surface area contributed by atoms with Crippen molar-refractivity contribution in [2.24, 2.45) is 17.8 Å². The summed E-state index contributed by atoms with van der Waals surface area (Å²) in [7, 11) is 0. The van der Waals surface area contributed by atoms with Gasteiger partial charge in [0.2, 0.25) is 0 Å². The fourth-order valence-electron chi connectivity index (χ4n) is 4.22. The molecule has 0 aliphatic rings. The van der Waals surface area contributed by atoms with Crippen molar-refractivity contribution in [3.63, 3.8) is 0 Å². The van der Waals surface area contributed by atoms with Crippen LogP contribution in [0.2, 0.25) is 18.2 Å². The van der Waals surface area contributed by atoms with Crippen molar-refractivity contribution in [1.82, 2.24) is 0 Å². The van der Waals surface area contributed by atoms with Gasteiger partial charge in [-0.05, 0) is 0 Å². The minimum absolute atomic E-state index is 0.0833. The summed E-state index contributed by atoms with van der Waals surface area (Å²) < 4.78 is 5.05. The molecule has 0 spiro atoms. The molecule has 0 rings (SSSR count). The topological polar surface area (TPSA) is 37.3 Å². The van der Waals surface area contributed by atoms with E-state index in [0.29, 0.717) is 0 Å². The first-order chi connectivity index (χ1) is 14.5. The van der Waals surface area contributed by atoms with Gasteiger partial charge in [-0.15, -0.1) is 0 Å². The van der Waals surface area contributed by atoms with E-state index < -0.39 is 24.3 Å². The van der Waals surface area contributed by atoms with Crippen molar-refractivity contribution in [3.05, 3.63) is 0 Å². The third-order valence-corrected chi connectivity index (χ3v) is 20.0. The van der Waals surface area contributed by atoms with Gasteiger partial charge in [0, 0.05) is 0 Å². The molecule has 0 atom stereocenters. The molecule has 0 radical (unpaired) electrons. The third-order valence-electron chi connectivity index (χ3n) is 6.32. The number of unbranched alkanes of at least 4 members (excludes halogenated alkanes) is 6. The van der Waals surface area contributed by atoms with Crippen LogP contribution in [0.5, 0.6) is 0 Å². The van der Waals surface area contributed by atoms with Crippen LogP contribution in [0.25, 0.3) is 0 Å². The van der Waals surface area contributed by atoms with E-state index in [-0.39, 0.29) is 5.75 Å². The van der Waals surface area contributed by atoms with Crippen LogP contribution in [-0.4, -0.2) is 35.2 Å². The van der Waals surface area contributed by atoms with Crippen molar-refractivity contribution in [1.29, 1.82) is 0 Å². The standard InChI is InChI=1S/3C8H17.C2H4O2S.CH3.Sn/c3*1-4-5-6-7-8(2)3;3-2(4)1-5;;/h3*8H,1,4-7H2,2-3H3;5H,1H2,(H,3,4);1H3;. The van der Waals surface area contributed by atoms with E-state index in [1.54, 1.807) is 32.6 Å². The summed E-state index contributed by atoms with van der Waals surface area (Å²) in [6.07, 6.45) is 17.9. The minimum atomic E-state index is -1.80. The number of aliphatic carboxylic acids is 1. The Hall–Kier alpha value is 0.619. The Morgan fingerprint density at radius 2 is 0.903 bits per heavy atom. The summed E-state index contributed by atoms with van der Waals surface area (Å²) >= 11 is 1.62. The van der Waals surface area contributed by atoms with Crippen molar-refractivity contribution < 1.29 is 9.90 Å². The number of thiol groups is 1. The Kier molecular flexibility index (Phi) is 24.4. The molecule has 0 saturated carbocycles. The van der Waals surface area contributed by atoms with E-state index in [4.69, 9.17) is 5.11 Å². The fourth-order valence-corrected chi connectivity index (χ4v) is 15.8. The van der Waals surface area contributed by atoms with Crippen molar-refractivity contribution in [3.8, 4) is 0 Å². The average molecular weight is 566 g/mol. The van der Waals surface area contributed by atoms with Gasteiger partial charge in [-0.2, -0.15) is 12.6 Å². The van der Waals surface area contributed by atoms with Crippen LogP contribution in [-0.2, 0) is 4.79 Å². The van der Waals surface area contributed by atoms with E-state index in [9.17, 15) is 4.79 Å². The zero-order valence-electron chi connectivity index (χ0n) is 22.3. The second kappa shape index (κ2) is 22.4. The summed E-state index contributed by atoms with van der Waals surface area (Å²) in [5.74, 6) is 1.72. The SMILES string of the molecule is CC(C)CCCC[CH2][Sn]([CH3])([CH2]CCCCC(C)C)[CH2]CCCCC(C)C.O=C(O)CS. The molecule has 0 bridgehead atoms. The third kappa shape index (κ3) is 28.6. The molecule has 0 aromatic carbocycles. The average Bonchev–Trinajstić information content (AvgIpc) is 2.67. The molecule has 0 fully saturated rings. The molecule has 0 aliphatic heterocycles. The maximum Gasteiger partial charge on any atom is 0.313 e. The monoisotopic (exact) mass is 566 g/mol. The minimum Gasteiger partial charge on any atom is -0.481 e. The Morgan fingerprint density at radius 3 is 1.10 bits per heavy atom. The van der Waals surface area contributed by atoms with Gasteiger partial charge in [-0.3, -0.25) is 4.79 Å². The molecule has 0 aromatic rings. The van der Waals surface area contributed by atoms with Gasteiger partial charge in [0.25, 0.3) is 0 Å².